The van der Waals surface area contributed by atoms with Crippen molar-refractivity contribution >= 4 is 44.1 Å². The Balaban J connectivity index is -0.000000120. The molecular weight excluding hydrogens is 510 g/mol. The van der Waals surface area contributed by atoms with Crippen molar-refractivity contribution in [3.8, 4) is 0 Å². The summed E-state index contributed by atoms with van der Waals surface area (Å²) in [5.74, 6) is -5.98. The third-order valence-corrected chi connectivity index (χ3v) is 1.25. The topological polar surface area (TPSA) is 141 Å². The average Bonchev–Trinajstić information content (AvgIpc) is 1.82. The molecule has 0 aromatic heterocycles. The van der Waals surface area contributed by atoms with Gasteiger partial charge in [0.05, 0.1) is 5.97 Å². The number of hydrogen-bond acceptors (Lipinski definition) is 7. The van der Waals surface area contributed by atoms with Crippen molar-refractivity contribution in [2.75, 3.05) is 0 Å². The maximum Gasteiger partial charge on any atom is 1.00 e. The number of rotatable bonds is 5. The molecule has 7 nitrogen and oxygen atoms in total. The zero-order valence-corrected chi connectivity index (χ0v) is 24.9. The fourth-order valence-electron chi connectivity index (χ4n) is 0.684. The Morgan fingerprint density at radius 1 is 0.882 bits per heavy atom. The zero-order chi connectivity index (χ0) is 10.6. The van der Waals surface area contributed by atoms with Gasteiger partial charge in [0.15, 0.2) is 0 Å². The van der Waals surface area contributed by atoms with E-state index < -0.39 is 36.4 Å². The van der Waals surface area contributed by atoms with Gasteiger partial charge in [-0.05, 0) is 0 Å². The number of carboxylic acid groups (broad SMARTS) is 3. The van der Waals surface area contributed by atoms with E-state index in [1.54, 1.807) is 0 Å². The first-order chi connectivity index (χ1) is 5.78. The van der Waals surface area contributed by atoms with Crippen LogP contribution >= 0.6 is 0 Å². The molecule has 0 amide bonds. The summed E-state index contributed by atoms with van der Waals surface area (Å²) in [7, 11) is 0. The van der Waals surface area contributed by atoms with Gasteiger partial charge in [0.1, 0.15) is 5.60 Å². The van der Waals surface area contributed by atoms with Crippen LogP contribution < -0.4 is 169 Å². The largest absolute Gasteiger partial charge is 1.00 e. The van der Waals surface area contributed by atoms with E-state index in [9.17, 15) is 29.7 Å². The summed E-state index contributed by atoms with van der Waals surface area (Å²) in [6.45, 7) is 0. The van der Waals surface area contributed by atoms with Crippen LogP contribution in [0.1, 0.15) is 12.8 Å². The van der Waals surface area contributed by atoms with E-state index in [2.05, 4.69) is 0 Å². The van der Waals surface area contributed by atoms with Crippen LogP contribution in [0.3, 0.4) is 0 Å². The molecule has 0 aromatic rings. The normalized spacial score (nSPS) is 8.29. The number of hydrogen-bond donors (Lipinski definition) is 1. The van der Waals surface area contributed by atoms with Gasteiger partial charge in [-0.3, -0.25) is 0 Å². The van der Waals surface area contributed by atoms with Crippen LogP contribution in [0.5, 0.6) is 0 Å². The predicted molar refractivity (Wildman–Crippen MR) is 39.1 cm³/mol. The minimum absolute atomic E-state index is 0. The first-order valence-electron chi connectivity index (χ1n) is 3.11. The molecule has 0 heterocycles. The minimum atomic E-state index is -2.97. The van der Waals surface area contributed by atoms with Gasteiger partial charge >= 0.3 is 180 Å². The molecule has 0 atom stereocenters. The third kappa shape index (κ3) is 16.4. The van der Waals surface area contributed by atoms with Gasteiger partial charge in [-0.2, -0.15) is 0 Å². The second-order valence-corrected chi connectivity index (χ2v) is 2.42. The SMILES string of the molecule is O=C([O-])CC(O)(CC(=O)[O-])C(=O)[O-].[BiH3].[K+].[K+].[K+]. The van der Waals surface area contributed by atoms with E-state index in [-0.39, 0.29) is 180 Å². The molecular formula is C6H8BiK3O7. The van der Waals surface area contributed by atoms with Crippen molar-refractivity contribution < 1.29 is 189 Å². The molecule has 1 N–H and O–H groups in total. The van der Waals surface area contributed by atoms with Crippen LogP contribution in [0.2, 0.25) is 0 Å². The summed E-state index contributed by atoms with van der Waals surface area (Å²) in [6, 6.07) is 0. The Morgan fingerprint density at radius 3 is 1.24 bits per heavy atom. The summed E-state index contributed by atoms with van der Waals surface area (Å²) >= 11 is 0. The van der Waals surface area contributed by atoms with Crippen molar-refractivity contribution in [1.29, 1.82) is 0 Å². The van der Waals surface area contributed by atoms with Crippen molar-refractivity contribution in [2.45, 2.75) is 18.4 Å². The molecule has 0 spiro atoms. The Morgan fingerprint density at radius 2 is 1.12 bits per heavy atom. The number of carbonyl (C=O) groups excluding carboxylic acids is 3. The molecule has 0 aliphatic carbocycles. The van der Waals surface area contributed by atoms with Crippen LogP contribution in [-0.4, -0.2) is 54.8 Å². The first kappa shape index (κ1) is 32.9. The van der Waals surface area contributed by atoms with Gasteiger partial charge < -0.3 is 34.8 Å². The third-order valence-electron chi connectivity index (χ3n) is 1.25. The predicted octanol–water partition coefficient (Wildman–Crippen LogP) is -15.4. The Bertz CT molecular complexity index is 244. The van der Waals surface area contributed by atoms with Gasteiger partial charge in [0.2, 0.25) is 0 Å². The van der Waals surface area contributed by atoms with Crippen LogP contribution in [0.4, 0.5) is 0 Å². The van der Waals surface area contributed by atoms with E-state index in [1.807, 2.05) is 0 Å². The van der Waals surface area contributed by atoms with Crippen molar-refractivity contribution in [2.24, 2.45) is 0 Å². The molecule has 11 heteroatoms. The minimum Gasteiger partial charge on any atom is 1.00 e. The molecule has 0 aliphatic rings. The van der Waals surface area contributed by atoms with Crippen LogP contribution in [0, 0.1) is 0 Å². The second kappa shape index (κ2) is 16.5. The van der Waals surface area contributed by atoms with Gasteiger partial charge in [-0.25, -0.2) is 0 Å². The summed E-state index contributed by atoms with van der Waals surface area (Å²) in [5, 5.41) is 38.9. The maximum absolute atomic E-state index is 10.1. The quantitative estimate of drug-likeness (QED) is 0.357. The van der Waals surface area contributed by atoms with Gasteiger partial charge in [0, 0.05) is 24.8 Å². The van der Waals surface area contributed by atoms with Crippen LogP contribution in [0.25, 0.3) is 0 Å². The molecule has 0 aliphatic heterocycles. The molecule has 0 saturated carbocycles. The Kier molecular flexibility index (Phi) is 32.0. The van der Waals surface area contributed by atoms with Crippen molar-refractivity contribution in [3.63, 3.8) is 0 Å². The van der Waals surface area contributed by atoms with E-state index in [1.165, 1.54) is 0 Å². The average molecular weight is 518 g/mol. The van der Waals surface area contributed by atoms with E-state index in [0.29, 0.717) is 0 Å². The second-order valence-electron chi connectivity index (χ2n) is 2.42. The monoisotopic (exact) mass is 518 g/mol. The molecule has 0 fully saturated rings. The first-order valence-corrected chi connectivity index (χ1v) is 3.11. The Hall–Kier alpha value is 4.16. The van der Waals surface area contributed by atoms with Gasteiger partial charge in [-0.15, -0.1) is 0 Å². The molecule has 0 rings (SSSR count). The summed E-state index contributed by atoms with van der Waals surface area (Å²) in [5.41, 5.74) is -2.97. The number of aliphatic carboxylic acids is 3. The number of carboxylic acids is 3. The molecule has 0 radical (unpaired) electrons. The smallest absolute Gasteiger partial charge is 1.00 e. The van der Waals surface area contributed by atoms with E-state index >= 15 is 0 Å². The van der Waals surface area contributed by atoms with Gasteiger partial charge in [0.25, 0.3) is 0 Å². The van der Waals surface area contributed by atoms with Crippen LogP contribution in [0.15, 0.2) is 0 Å². The molecule has 0 aromatic carbocycles. The maximum atomic E-state index is 10.1. The molecule has 17 heavy (non-hydrogen) atoms. The fraction of sp³-hybridized carbons (Fsp3) is 0.500. The van der Waals surface area contributed by atoms with Crippen molar-refractivity contribution in [3.05, 3.63) is 0 Å². The summed E-state index contributed by atoms with van der Waals surface area (Å²) < 4.78 is 0. The fourth-order valence-corrected chi connectivity index (χ4v) is 0.684. The Labute approximate surface area is 244 Å². The molecule has 82 valence electrons. The van der Waals surface area contributed by atoms with Crippen LogP contribution in [-0.2, 0) is 14.4 Å². The summed E-state index contributed by atoms with van der Waals surface area (Å²) in [6.07, 6.45) is -2.72. The molecule has 0 saturated heterocycles. The van der Waals surface area contributed by atoms with Gasteiger partial charge in [-0.1, -0.05) is 0 Å². The summed E-state index contributed by atoms with van der Waals surface area (Å²) in [4.78, 5) is 30.0. The zero-order valence-electron chi connectivity index (χ0n) is 10.0. The van der Waals surface area contributed by atoms with E-state index in [0.717, 1.165) is 0 Å². The standard InChI is InChI=1S/C6H8O7.Bi.3K.3H/c7-3(8)1-6(13,5(11)12)2-4(9)10;;;;;;;/h13H,1-2H2,(H,7,8)(H,9,10)(H,11,12);;;;;;;/q;;3*+1;;;/p-3. The molecule has 0 bridgehead atoms. The van der Waals surface area contributed by atoms with Crippen molar-refractivity contribution in [1.82, 2.24) is 0 Å². The molecule has 0 unspecified atom stereocenters. The van der Waals surface area contributed by atoms with E-state index in [4.69, 9.17) is 5.11 Å². The number of carbonyl (C=O) groups is 3. The number of aliphatic hydroxyl groups is 1.